The molecule has 0 aliphatic rings. The molecule has 3 aromatic rings. The maximum Gasteiger partial charge on any atom is 0.271 e. The number of sulfonamides is 1. The van der Waals surface area contributed by atoms with Crippen LogP contribution in [0.3, 0.4) is 0 Å². The predicted molar refractivity (Wildman–Crippen MR) is 131 cm³/mol. The van der Waals surface area contributed by atoms with E-state index in [1.165, 1.54) is 24.3 Å². The highest BCUT2D eigenvalue weighted by Gasteiger charge is 2.23. The quantitative estimate of drug-likeness (QED) is 0.251. The van der Waals surface area contributed by atoms with Gasteiger partial charge in [0.25, 0.3) is 15.7 Å². The zero-order chi connectivity index (χ0) is 24.5. The lowest BCUT2D eigenvalue weighted by atomic mass is 9.99. The third-order valence-electron chi connectivity index (χ3n) is 4.78. The molecule has 33 heavy (non-hydrogen) atoms. The number of aryl methyl sites for hydroxylation is 1. The Morgan fingerprint density at radius 1 is 1.00 bits per heavy atom. The molecule has 0 atom stereocenters. The summed E-state index contributed by atoms with van der Waals surface area (Å²) in [5.41, 5.74) is 1.91. The van der Waals surface area contributed by atoms with E-state index in [-0.39, 0.29) is 43.1 Å². The number of nitrogens with zero attached hydrogens (tertiary/aromatic N) is 1. The van der Waals surface area contributed by atoms with E-state index in [2.05, 4.69) is 4.72 Å². The summed E-state index contributed by atoms with van der Waals surface area (Å²) in [5, 5.41) is 10.7. The molecule has 0 amide bonds. The molecule has 0 heterocycles. The predicted octanol–water partition coefficient (Wildman–Crippen LogP) is 7.58. The van der Waals surface area contributed by atoms with Crippen molar-refractivity contribution < 1.29 is 18.1 Å². The number of para-hydroxylation sites is 1. The number of rotatable bonds is 7. The number of hydrogen-bond acceptors (Lipinski definition) is 5. The largest absolute Gasteiger partial charge is 0.453 e. The van der Waals surface area contributed by atoms with Crippen LogP contribution in [0.2, 0.25) is 15.1 Å². The maximum atomic E-state index is 13.1. The summed E-state index contributed by atoms with van der Waals surface area (Å²) in [6.07, 6.45) is 0. The highest BCUT2D eigenvalue weighted by Crippen LogP contribution is 2.41. The van der Waals surface area contributed by atoms with Crippen LogP contribution >= 0.6 is 34.8 Å². The summed E-state index contributed by atoms with van der Waals surface area (Å²) in [7, 11) is -4.03. The van der Waals surface area contributed by atoms with Crippen molar-refractivity contribution in [3.63, 3.8) is 0 Å². The maximum absolute atomic E-state index is 13.1. The molecular formula is C22H19Cl3N2O5S. The van der Waals surface area contributed by atoms with Gasteiger partial charge in [0.05, 0.1) is 30.6 Å². The summed E-state index contributed by atoms with van der Waals surface area (Å²) in [6.45, 7) is 5.75. The molecule has 0 aliphatic heterocycles. The number of nitro groups is 1. The van der Waals surface area contributed by atoms with Crippen LogP contribution in [0.1, 0.15) is 30.9 Å². The molecule has 11 heteroatoms. The Balaban J connectivity index is 1.96. The Kier molecular flexibility index (Phi) is 7.43. The Morgan fingerprint density at radius 2 is 1.64 bits per heavy atom. The number of anilines is 1. The van der Waals surface area contributed by atoms with Crippen molar-refractivity contribution in [3.8, 4) is 11.5 Å². The monoisotopic (exact) mass is 528 g/mol. The normalized spacial score (nSPS) is 11.5. The van der Waals surface area contributed by atoms with Gasteiger partial charge in [-0.2, -0.15) is 0 Å². The molecule has 3 rings (SSSR count). The Morgan fingerprint density at radius 3 is 2.18 bits per heavy atom. The van der Waals surface area contributed by atoms with Gasteiger partial charge < -0.3 is 4.74 Å². The van der Waals surface area contributed by atoms with E-state index >= 15 is 0 Å². The van der Waals surface area contributed by atoms with Crippen LogP contribution in [0.5, 0.6) is 11.5 Å². The van der Waals surface area contributed by atoms with Gasteiger partial charge in [-0.05, 0) is 42.2 Å². The third kappa shape index (κ3) is 5.52. The molecule has 7 nitrogen and oxygen atoms in total. The Bertz CT molecular complexity index is 1320. The molecule has 0 fully saturated rings. The summed E-state index contributed by atoms with van der Waals surface area (Å²) in [5.74, 6) is 0.130. The van der Waals surface area contributed by atoms with Crippen LogP contribution in [0, 0.1) is 17.0 Å². The number of nitro benzene ring substituents is 1. The van der Waals surface area contributed by atoms with Crippen molar-refractivity contribution in [1.29, 1.82) is 0 Å². The van der Waals surface area contributed by atoms with Crippen LogP contribution in [0.25, 0.3) is 0 Å². The number of nitrogens with one attached hydrogen (secondary N) is 1. The van der Waals surface area contributed by atoms with Gasteiger partial charge in [-0.3, -0.25) is 14.8 Å². The smallest absolute Gasteiger partial charge is 0.271 e. The minimum absolute atomic E-state index is 0.0320. The standard InChI is InChI=1S/C22H19Cl3N2O5S/c1-12(2)16-6-4-5-13(3)21(16)26-33(30,31)15-10-18(24)22(19(25)11-15)32-20-8-7-14(27(28)29)9-17(20)23/h4-12,26H,1-3H3. The highest BCUT2D eigenvalue weighted by atomic mass is 35.5. The van der Waals surface area contributed by atoms with Crippen LogP contribution < -0.4 is 9.46 Å². The van der Waals surface area contributed by atoms with Gasteiger partial charge >= 0.3 is 0 Å². The number of non-ortho nitro benzene ring substituents is 1. The summed E-state index contributed by atoms with van der Waals surface area (Å²) >= 11 is 18.6. The fourth-order valence-corrected chi connectivity index (χ4v) is 5.21. The third-order valence-corrected chi connectivity index (χ3v) is 6.97. The molecule has 0 aliphatic carbocycles. The van der Waals surface area contributed by atoms with E-state index in [1.807, 2.05) is 39.0 Å². The van der Waals surface area contributed by atoms with E-state index in [0.717, 1.165) is 17.2 Å². The van der Waals surface area contributed by atoms with Gasteiger partial charge in [0.1, 0.15) is 5.75 Å². The van der Waals surface area contributed by atoms with Crippen molar-refractivity contribution >= 4 is 56.2 Å². The van der Waals surface area contributed by atoms with Crippen LogP contribution in [-0.2, 0) is 10.0 Å². The highest BCUT2D eigenvalue weighted by molar-refractivity contribution is 7.92. The van der Waals surface area contributed by atoms with Crippen LogP contribution in [-0.4, -0.2) is 13.3 Å². The first-order valence-corrected chi connectivity index (χ1v) is 12.3. The minimum atomic E-state index is -4.03. The van der Waals surface area contributed by atoms with Gasteiger partial charge in [0.15, 0.2) is 5.75 Å². The SMILES string of the molecule is Cc1cccc(C(C)C)c1NS(=O)(=O)c1cc(Cl)c(Oc2ccc([N+](=O)[O-])cc2Cl)c(Cl)c1. The second-order valence-corrected chi connectivity index (χ2v) is 10.4. The van der Waals surface area contributed by atoms with E-state index < -0.39 is 14.9 Å². The summed E-state index contributed by atoms with van der Waals surface area (Å²) in [4.78, 5) is 10.1. The average Bonchev–Trinajstić information content (AvgIpc) is 2.72. The van der Waals surface area contributed by atoms with E-state index in [1.54, 1.807) is 0 Å². The molecule has 0 saturated carbocycles. The molecule has 0 bridgehead atoms. The topological polar surface area (TPSA) is 98.5 Å². The molecule has 0 saturated heterocycles. The molecular weight excluding hydrogens is 511 g/mol. The van der Waals surface area contributed by atoms with Crippen molar-refractivity contribution in [2.75, 3.05) is 4.72 Å². The lowest BCUT2D eigenvalue weighted by Gasteiger charge is -2.18. The fourth-order valence-electron chi connectivity index (χ4n) is 3.09. The molecule has 174 valence electrons. The number of benzene rings is 3. The van der Waals surface area contributed by atoms with Crippen molar-refractivity contribution in [2.24, 2.45) is 0 Å². The molecule has 1 N–H and O–H groups in total. The second-order valence-electron chi connectivity index (χ2n) is 7.49. The van der Waals surface area contributed by atoms with Gasteiger partial charge in [-0.1, -0.05) is 66.8 Å². The van der Waals surface area contributed by atoms with Crippen molar-refractivity contribution in [3.05, 3.63) is 84.8 Å². The lowest BCUT2D eigenvalue weighted by molar-refractivity contribution is -0.384. The first-order valence-electron chi connectivity index (χ1n) is 9.64. The average molecular weight is 530 g/mol. The van der Waals surface area contributed by atoms with Crippen molar-refractivity contribution in [2.45, 2.75) is 31.6 Å². The zero-order valence-electron chi connectivity index (χ0n) is 17.7. The number of hydrogen-bond donors (Lipinski definition) is 1. The molecule has 0 spiro atoms. The minimum Gasteiger partial charge on any atom is -0.453 e. The molecule has 0 aromatic heterocycles. The van der Waals surface area contributed by atoms with Gasteiger partial charge in [-0.25, -0.2) is 8.42 Å². The second kappa shape index (κ2) is 9.77. The lowest BCUT2D eigenvalue weighted by Crippen LogP contribution is -2.15. The van der Waals surface area contributed by atoms with Gasteiger partial charge in [-0.15, -0.1) is 0 Å². The van der Waals surface area contributed by atoms with E-state index in [9.17, 15) is 18.5 Å². The fraction of sp³-hybridized carbons (Fsp3) is 0.182. The van der Waals surface area contributed by atoms with Crippen molar-refractivity contribution in [1.82, 2.24) is 0 Å². The van der Waals surface area contributed by atoms with E-state index in [0.29, 0.717) is 5.69 Å². The summed E-state index contributed by atoms with van der Waals surface area (Å²) < 4.78 is 34.5. The first kappa shape index (κ1) is 25.1. The summed E-state index contributed by atoms with van der Waals surface area (Å²) in [6, 6.07) is 11.6. The van der Waals surface area contributed by atoms with Gasteiger partial charge in [0.2, 0.25) is 0 Å². The van der Waals surface area contributed by atoms with Crippen LogP contribution in [0.15, 0.2) is 53.4 Å². The number of ether oxygens (including phenoxy) is 1. The van der Waals surface area contributed by atoms with E-state index in [4.69, 9.17) is 39.5 Å². The van der Waals surface area contributed by atoms with Gasteiger partial charge in [0, 0.05) is 12.1 Å². The molecule has 0 radical (unpaired) electrons. The molecule has 3 aromatic carbocycles. The first-order chi connectivity index (χ1) is 15.4. The molecule has 0 unspecified atom stereocenters. The Hall–Kier alpha value is -2.52. The Labute approximate surface area is 206 Å². The zero-order valence-corrected chi connectivity index (χ0v) is 20.8. The number of halogens is 3. The van der Waals surface area contributed by atoms with Crippen LogP contribution in [0.4, 0.5) is 11.4 Å².